The van der Waals surface area contributed by atoms with Crippen molar-refractivity contribution >= 4 is 21.8 Å². The van der Waals surface area contributed by atoms with Crippen LogP contribution in [0.4, 0.5) is 0 Å². The highest BCUT2D eigenvalue weighted by molar-refractivity contribution is 9.10. The zero-order valence-corrected chi connectivity index (χ0v) is 12.2. The lowest BCUT2D eigenvalue weighted by molar-refractivity contribution is -0.126. The van der Waals surface area contributed by atoms with Crippen molar-refractivity contribution < 1.29 is 9.53 Å². The highest BCUT2D eigenvalue weighted by Crippen LogP contribution is 2.25. The van der Waals surface area contributed by atoms with E-state index in [2.05, 4.69) is 26.3 Å². The molecule has 0 fully saturated rings. The maximum absolute atomic E-state index is 11.4. The fourth-order valence-electron chi connectivity index (χ4n) is 1.55. The normalized spacial score (nSPS) is 11.9. The first-order chi connectivity index (χ1) is 9.11. The second-order valence-corrected chi connectivity index (χ2v) is 4.79. The van der Waals surface area contributed by atoms with E-state index in [9.17, 15) is 4.79 Å². The zero-order valence-electron chi connectivity index (χ0n) is 10.6. The molecule has 19 heavy (non-hydrogen) atoms. The second-order valence-electron chi connectivity index (χ2n) is 3.94. The van der Waals surface area contributed by atoms with E-state index in [0.717, 1.165) is 5.69 Å². The number of aromatic nitrogens is 2. The number of halogens is 1. The van der Waals surface area contributed by atoms with E-state index in [1.165, 1.54) is 0 Å². The quantitative estimate of drug-likeness (QED) is 0.938. The van der Waals surface area contributed by atoms with Gasteiger partial charge in [0.2, 0.25) is 5.88 Å². The molecule has 1 amide bonds. The molecule has 0 aliphatic heterocycles. The number of likely N-dealkylation sites (N-methyl/N-ethyl adjacent to an activating group) is 1. The van der Waals surface area contributed by atoms with Crippen molar-refractivity contribution in [1.82, 2.24) is 15.1 Å². The van der Waals surface area contributed by atoms with E-state index in [1.54, 1.807) is 24.9 Å². The van der Waals surface area contributed by atoms with Crippen LogP contribution in [0, 0.1) is 0 Å². The second kappa shape index (κ2) is 5.88. The van der Waals surface area contributed by atoms with Crippen molar-refractivity contribution in [1.29, 1.82) is 0 Å². The molecule has 5 nitrogen and oxygen atoms in total. The minimum absolute atomic E-state index is 0.193. The summed E-state index contributed by atoms with van der Waals surface area (Å²) < 4.78 is 7.90. The topological polar surface area (TPSA) is 56.1 Å². The van der Waals surface area contributed by atoms with E-state index < -0.39 is 6.10 Å². The molecule has 1 atom stereocenters. The Morgan fingerprint density at radius 2 is 2.11 bits per heavy atom. The summed E-state index contributed by atoms with van der Waals surface area (Å²) in [5.41, 5.74) is 0.922. The number of hydrogen-bond acceptors (Lipinski definition) is 3. The first-order valence-electron chi connectivity index (χ1n) is 5.80. The van der Waals surface area contributed by atoms with Gasteiger partial charge in [0, 0.05) is 13.2 Å². The average Bonchev–Trinajstić information content (AvgIpc) is 2.80. The van der Waals surface area contributed by atoms with Crippen LogP contribution in [-0.2, 0) is 4.79 Å². The van der Waals surface area contributed by atoms with Crippen molar-refractivity contribution in [3.05, 3.63) is 41.0 Å². The number of amides is 1. The maximum Gasteiger partial charge on any atom is 0.260 e. The molecule has 0 saturated heterocycles. The summed E-state index contributed by atoms with van der Waals surface area (Å²) in [6.45, 7) is 1.67. The molecule has 0 aliphatic carbocycles. The van der Waals surface area contributed by atoms with Crippen LogP contribution in [0.5, 0.6) is 5.88 Å². The lowest BCUT2D eigenvalue weighted by Crippen LogP contribution is -2.33. The summed E-state index contributed by atoms with van der Waals surface area (Å²) >= 11 is 3.37. The van der Waals surface area contributed by atoms with Crippen LogP contribution < -0.4 is 10.1 Å². The molecule has 0 bridgehead atoms. The van der Waals surface area contributed by atoms with Crippen molar-refractivity contribution in [3.8, 4) is 11.6 Å². The number of nitrogens with one attached hydrogen (secondary N) is 1. The highest BCUT2D eigenvalue weighted by atomic mass is 79.9. The Morgan fingerprint density at radius 3 is 2.74 bits per heavy atom. The smallest absolute Gasteiger partial charge is 0.260 e. The van der Waals surface area contributed by atoms with Gasteiger partial charge in [-0.25, -0.2) is 4.68 Å². The van der Waals surface area contributed by atoms with Crippen LogP contribution in [0.15, 0.2) is 41.0 Å². The SMILES string of the molecule is CNC(=O)[C@H](C)Oc1nn(-c2ccccc2)cc1Br. The minimum atomic E-state index is -0.597. The largest absolute Gasteiger partial charge is 0.463 e. The fourth-order valence-corrected chi connectivity index (χ4v) is 1.92. The number of hydrogen-bond donors (Lipinski definition) is 1. The van der Waals surface area contributed by atoms with Crippen molar-refractivity contribution in [2.24, 2.45) is 0 Å². The van der Waals surface area contributed by atoms with Crippen LogP contribution in [0.3, 0.4) is 0 Å². The van der Waals surface area contributed by atoms with Crippen LogP contribution >= 0.6 is 15.9 Å². The molecular formula is C13H14BrN3O2. The third kappa shape index (κ3) is 3.14. The summed E-state index contributed by atoms with van der Waals surface area (Å²) in [6.07, 6.45) is 1.20. The Morgan fingerprint density at radius 1 is 1.42 bits per heavy atom. The Bertz CT molecular complexity index is 569. The predicted molar refractivity (Wildman–Crippen MR) is 75.4 cm³/mol. The summed E-state index contributed by atoms with van der Waals surface area (Å²) in [6, 6.07) is 9.67. The Balaban J connectivity index is 2.20. The molecule has 0 spiro atoms. The maximum atomic E-state index is 11.4. The zero-order chi connectivity index (χ0) is 13.8. The number of nitrogens with zero attached hydrogens (tertiary/aromatic N) is 2. The highest BCUT2D eigenvalue weighted by Gasteiger charge is 2.17. The molecular weight excluding hydrogens is 310 g/mol. The van der Waals surface area contributed by atoms with Gasteiger partial charge in [-0.2, -0.15) is 0 Å². The van der Waals surface area contributed by atoms with Gasteiger partial charge in [-0.3, -0.25) is 4.79 Å². The average molecular weight is 324 g/mol. The van der Waals surface area contributed by atoms with Gasteiger partial charge in [-0.1, -0.05) is 18.2 Å². The molecule has 1 heterocycles. The fraction of sp³-hybridized carbons (Fsp3) is 0.231. The van der Waals surface area contributed by atoms with Crippen molar-refractivity contribution in [3.63, 3.8) is 0 Å². The van der Waals surface area contributed by atoms with Gasteiger partial charge in [-0.15, -0.1) is 5.10 Å². The predicted octanol–water partition coefficient (Wildman–Crippen LogP) is 2.15. The van der Waals surface area contributed by atoms with Crippen LogP contribution in [0.1, 0.15) is 6.92 Å². The lowest BCUT2D eigenvalue weighted by Gasteiger charge is -2.10. The molecule has 1 N–H and O–H groups in total. The van der Waals surface area contributed by atoms with E-state index in [4.69, 9.17) is 4.74 Å². The third-order valence-electron chi connectivity index (χ3n) is 2.56. The van der Waals surface area contributed by atoms with E-state index >= 15 is 0 Å². The van der Waals surface area contributed by atoms with Gasteiger partial charge < -0.3 is 10.1 Å². The molecule has 6 heteroatoms. The summed E-state index contributed by atoms with van der Waals surface area (Å²) in [5.74, 6) is 0.195. The van der Waals surface area contributed by atoms with Gasteiger partial charge in [0.25, 0.3) is 5.91 Å². The van der Waals surface area contributed by atoms with Gasteiger partial charge in [0.1, 0.15) is 0 Å². The van der Waals surface area contributed by atoms with Crippen molar-refractivity contribution in [2.45, 2.75) is 13.0 Å². The Kier molecular flexibility index (Phi) is 4.21. The van der Waals surface area contributed by atoms with Crippen LogP contribution in [-0.4, -0.2) is 28.8 Å². The Hall–Kier alpha value is -1.82. The first kappa shape index (κ1) is 13.6. The number of benzene rings is 1. The number of ether oxygens (including phenoxy) is 1. The number of rotatable bonds is 4. The number of carbonyl (C=O) groups excluding carboxylic acids is 1. The van der Waals surface area contributed by atoms with E-state index in [0.29, 0.717) is 10.4 Å². The van der Waals surface area contributed by atoms with Gasteiger partial charge in [0.15, 0.2) is 6.10 Å². The molecule has 0 aliphatic rings. The summed E-state index contributed by atoms with van der Waals surface area (Å²) in [5, 5.41) is 6.83. The number of para-hydroxylation sites is 1. The molecule has 2 rings (SSSR count). The van der Waals surface area contributed by atoms with E-state index in [-0.39, 0.29) is 5.91 Å². The van der Waals surface area contributed by atoms with Crippen molar-refractivity contribution in [2.75, 3.05) is 7.05 Å². The summed E-state index contributed by atoms with van der Waals surface area (Å²) in [7, 11) is 1.57. The number of carbonyl (C=O) groups is 1. The minimum Gasteiger partial charge on any atom is -0.463 e. The van der Waals surface area contributed by atoms with Gasteiger partial charge >= 0.3 is 0 Å². The monoisotopic (exact) mass is 323 g/mol. The molecule has 100 valence electrons. The summed E-state index contributed by atoms with van der Waals surface area (Å²) in [4.78, 5) is 11.4. The standard InChI is InChI=1S/C13H14BrN3O2/c1-9(12(18)15-2)19-13-11(14)8-17(16-13)10-6-4-3-5-7-10/h3-9H,1-2H3,(H,15,18)/t9-/m0/s1. The first-order valence-corrected chi connectivity index (χ1v) is 6.60. The molecule has 2 aromatic rings. The Labute approximate surface area is 119 Å². The third-order valence-corrected chi connectivity index (χ3v) is 3.11. The van der Waals surface area contributed by atoms with Crippen LogP contribution in [0.2, 0.25) is 0 Å². The lowest BCUT2D eigenvalue weighted by atomic mass is 10.3. The van der Waals surface area contributed by atoms with E-state index in [1.807, 2.05) is 30.3 Å². The van der Waals surface area contributed by atoms with Gasteiger partial charge in [0.05, 0.1) is 10.2 Å². The van der Waals surface area contributed by atoms with Gasteiger partial charge in [-0.05, 0) is 35.0 Å². The van der Waals surface area contributed by atoms with Crippen LogP contribution in [0.25, 0.3) is 5.69 Å². The molecule has 0 radical (unpaired) electrons. The molecule has 1 aromatic carbocycles. The molecule has 0 unspecified atom stereocenters. The molecule has 0 saturated carbocycles. The molecule has 1 aromatic heterocycles.